The van der Waals surface area contributed by atoms with E-state index in [2.05, 4.69) is 10.1 Å². The molecule has 1 aromatic carbocycles. The summed E-state index contributed by atoms with van der Waals surface area (Å²) in [6, 6.07) is 6.32. The van der Waals surface area contributed by atoms with Crippen molar-refractivity contribution in [3.05, 3.63) is 39.7 Å². The quantitative estimate of drug-likeness (QED) is 0.784. The molecule has 0 aliphatic carbocycles. The van der Waals surface area contributed by atoms with Crippen LogP contribution in [0.4, 0.5) is 0 Å². The number of aromatic hydroxyl groups is 1. The second-order valence-electron chi connectivity index (χ2n) is 4.92. The lowest BCUT2D eigenvalue weighted by molar-refractivity contribution is -0.141. The fourth-order valence-corrected chi connectivity index (χ4v) is 2.26. The Morgan fingerprint density at radius 3 is 2.75 bits per heavy atom. The number of carbonyl (C=O) groups is 2. The molecule has 2 aromatic rings. The molecule has 0 atom stereocenters. The van der Waals surface area contributed by atoms with E-state index in [1.165, 1.54) is 29.8 Å². The van der Waals surface area contributed by atoms with Gasteiger partial charge in [0.1, 0.15) is 17.9 Å². The van der Waals surface area contributed by atoms with E-state index < -0.39 is 35.3 Å². The zero-order valence-electron chi connectivity index (χ0n) is 13.1. The predicted octanol–water partition coefficient (Wildman–Crippen LogP) is 0.409. The summed E-state index contributed by atoms with van der Waals surface area (Å²) >= 11 is 0. The van der Waals surface area contributed by atoms with Crippen LogP contribution in [0, 0.1) is 11.3 Å². The maximum atomic E-state index is 12.3. The summed E-state index contributed by atoms with van der Waals surface area (Å²) in [5.41, 5.74) is -0.566. The van der Waals surface area contributed by atoms with Crippen LogP contribution in [-0.4, -0.2) is 34.7 Å². The van der Waals surface area contributed by atoms with Gasteiger partial charge in [-0.05, 0) is 25.1 Å². The molecule has 0 unspecified atom stereocenters. The first-order chi connectivity index (χ1) is 11.4. The molecule has 24 heavy (non-hydrogen) atoms. The Balaban J connectivity index is 2.50. The second-order valence-corrected chi connectivity index (χ2v) is 4.92. The van der Waals surface area contributed by atoms with Crippen LogP contribution < -0.4 is 10.9 Å². The van der Waals surface area contributed by atoms with Gasteiger partial charge in [-0.1, -0.05) is 0 Å². The van der Waals surface area contributed by atoms with Gasteiger partial charge in [-0.15, -0.1) is 0 Å². The van der Waals surface area contributed by atoms with Crippen molar-refractivity contribution in [2.75, 3.05) is 13.2 Å². The SMILES string of the molecule is CCOC(=O)CNC(=O)c1c(O)c2cc(C#N)ccc2n(C)c1=O. The average Bonchev–Trinajstić information content (AvgIpc) is 2.58. The number of nitrogens with one attached hydrogen (secondary N) is 1. The van der Waals surface area contributed by atoms with Crippen LogP contribution in [-0.2, 0) is 16.6 Å². The van der Waals surface area contributed by atoms with Gasteiger partial charge in [0.15, 0.2) is 0 Å². The molecule has 0 aliphatic heterocycles. The topological polar surface area (TPSA) is 121 Å². The maximum Gasteiger partial charge on any atom is 0.325 e. The van der Waals surface area contributed by atoms with Crippen LogP contribution in [0.2, 0.25) is 0 Å². The normalized spacial score (nSPS) is 10.2. The van der Waals surface area contributed by atoms with Crippen LogP contribution in [0.1, 0.15) is 22.8 Å². The molecule has 0 aliphatic rings. The van der Waals surface area contributed by atoms with Gasteiger partial charge in [-0.25, -0.2) is 0 Å². The number of hydrogen-bond acceptors (Lipinski definition) is 6. The summed E-state index contributed by atoms with van der Waals surface area (Å²) in [4.78, 5) is 35.8. The van der Waals surface area contributed by atoms with E-state index in [9.17, 15) is 19.5 Å². The molecule has 0 spiro atoms. The zero-order valence-corrected chi connectivity index (χ0v) is 13.1. The number of pyridine rings is 1. The molecule has 2 rings (SSSR count). The number of rotatable bonds is 4. The highest BCUT2D eigenvalue weighted by Crippen LogP contribution is 2.26. The van der Waals surface area contributed by atoms with E-state index in [0.717, 1.165) is 0 Å². The Hall–Kier alpha value is -3.34. The number of carbonyl (C=O) groups excluding carboxylic acids is 2. The average molecular weight is 329 g/mol. The number of fused-ring (bicyclic) bond motifs is 1. The molecule has 1 aromatic heterocycles. The zero-order chi connectivity index (χ0) is 17.9. The summed E-state index contributed by atoms with van der Waals surface area (Å²) in [6.45, 7) is 1.36. The molecule has 1 amide bonds. The number of esters is 1. The van der Waals surface area contributed by atoms with Crippen LogP contribution in [0.25, 0.3) is 10.9 Å². The predicted molar refractivity (Wildman–Crippen MR) is 84.5 cm³/mol. The number of benzene rings is 1. The van der Waals surface area contributed by atoms with Gasteiger partial charge in [0, 0.05) is 12.4 Å². The van der Waals surface area contributed by atoms with E-state index in [-0.39, 0.29) is 17.6 Å². The molecule has 1 heterocycles. The minimum atomic E-state index is -0.898. The largest absolute Gasteiger partial charge is 0.506 e. The summed E-state index contributed by atoms with van der Waals surface area (Å²) in [5.74, 6) is -2.09. The summed E-state index contributed by atoms with van der Waals surface area (Å²) in [5, 5.41) is 21.7. The first kappa shape index (κ1) is 17.0. The highest BCUT2D eigenvalue weighted by atomic mass is 16.5. The third-order valence-electron chi connectivity index (χ3n) is 3.42. The van der Waals surface area contributed by atoms with Crippen molar-refractivity contribution in [3.8, 4) is 11.8 Å². The van der Waals surface area contributed by atoms with Gasteiger partial charge in [0.25, 0.3) is 11.5 Å². The first-order valence-corrected chi connectivity index (χ1v) is 7.10. The Morgan fingerprint density at radius 1 is 1.42 bits per heavy atom. The van der Waals surface area contributed by atoms with Crippen molar-refractivity contribution in [3.63, 3.8) is 0 Å². The fraction of sp³-hybridized carbons (Fsp3) is 0.250. The second kappa shape index (κ2) is 6.83. The molecule has 8 nitrogen and oxygen atoms in total. The van der Waals surface area contributed by atoms with E-state index in [1.807, 2.05) is 6.07 Å². The van der Waals surface area contributed by atoms with E-state index in [0.29, 0.717) is 5.52 Å². The molecule has 0 fully saturated rings. The highest BCUT2D eigenvalue weighted by Gasteiger charge is 2.22. The van der Waals surface area contributed by atoms with Crippen LogP contribution in [0.15, 0.2) is 23.0 Å². The summed E-state index contributed by atoms with van der Waals surface area (Å²) in [7, 11) is 1.44. The molecule has 0 bridgehead atoms. The van der Waals surface area contributed by atoms with Crippen molar-refractivity contribution in [1.29, 1.82) is 5.26 Å². The number of nitriles is 1. The summed E-state index contributed by atoms with van der Waals surface area (Å²) < 4.78 is 5.87. The van der Waals surface area contributed by atoms with Gasteiger partial charge < -0.3 is 19.7 Å². The van der Waals surface area contributed by atoms with Crippen LogP contribution in [0.3, 0.4) is 0 Å². The maximum absolute atomic E-state index is 12.3. The minimum Gasteiger partial charge on any atom is -0.506 e. The number of amides is 1. The van der Waals surface area contributed by atoms with Gasteiger partial charge in [0.2, 0.25) is 0 Å². The molecule has 2 N–H and O–H groups in total. The van der Waals surface area contributed by atoms with Gasteiger partial charge >= 0.3 is 5.97 Å². The van der Waals surface area contributed by atoms with Crippen molar-refractivity contribution in [1.82, 2.24) is 9.88 Å². The highest BCUT2D eigenvalue weighted by molar-refractivity contribution is 6.03. The smallest absolute Gasteiger partial charge is 0.325 e. The molecular formula is C16H15N3O5. The molecule has 0 radical (unpaired) electrons. The van der Waals surface area contributed by atoms with Crippen molar-refractivity contribution < 1.29 is 19.4 Å². The Bertz CT molecular complexity index is 924. The number of nitrogens with zero attached hydrogens (tertiary/aromatic N) is 2. The number of aryl methyl sites for hydroxylation is 1. The standard InChI is InChI=1S/C16H15N3O5/c1-3-24-12(20)8-18-15(22)13-14(21)10-6-9(7-17)4-5-11(10)19(2)16(13)23/h4-6,21H,3,8H2,1-2H3,(H,18,22). The third-order valence-corrected chi connectivity index (χ3v) is 3.42. The molecule has 124 valence electrons. The Morgan fingerprint density at radius 2 is 2.12 bits per heavy atom. The lowest BCUT2D eigenvalue weighted by Crippen LogP contribution is -2.35. The molecular weight excluding hydrogens is 314 g/mol. The van der Waals surface area contributed by atoms with Gasteiger partial charge in [-0.3, -0.25) is 14.4 Å². The minimum absolute atomic E-state index is 0.161. The molecule has 0 saturated carbocycles. The van der Waals surface area contributed by atoms with Crippen molar-refractivity contribution in [2.45, 2.75) is 6.92 Å². The van der Waals surface area contributed by atoms with E-state index >= 15 is 0 Å². The van der Waals surface area contributed by atoms with Gasteiger partial charge in [0.05, 0.1) is 23.8 Å². The fourth-order valence-electron chi connectivity index (χ4n) is 2.26. The van der Waals surface area contributed by atoms with Crippen LogP contribution in [0.5, 0.6) is 5.75 Å². The lowest BCUT2D eigenvalue weighted by atomic mass is 10.1. The number of ether oxygens (including phenoxy) is 1. The lowest BCUT2D eigenvalue weighted by Gasteiger charge is -2.12. The summed E-state index contributed by atoms with van der Waals surface area (Å²) in [6.07, 6.45) is 0. The molecule has 8 heteroatoms. The first-order valence-electron chi connectivity index (χ1n) is 7.10. The number of aromatic nitrogens is 1. The van der Waals surface area contributed by atoms with Crippen molar-refractivity contribution in [2.24, 2.45) is 7.05 Å². The third kappa shape index (κ3) is 3.05. The Kier molecular flexibility index (Phi) is 4.84. The van der Waals surface area contributed by atoms with Crippen LogP contribution >= 0.6 is 0 Å². The van der Waals surface area contributed by atoms with Crippen molar-refractivity contribution >= 4 is 22.8 Å². The van der Waals surface area contributed by atoms with E-state index in [4.69, 9.17) is 5.26 Å². The monoisotopic (exact) mass is 329 g/mol. The number of hydrogen-bond donors (Lipinski definition) is 2. The Labute approximate surface area is 136 Å². The van der Waals surface area contributed by atoms with E-state index in [1.54, 1.807) is 6.92 Å². The van der Waals surface area contributed by atoms with Gasteiger partial charge in [-0.2, -0.15) is 5.26 Å². The molecule has 0 saturated heterocycles.